The highest BCUT2D eigenvalue weighted by Crippen LogP contribution is 2.29. The Hall–Kier alpha value is -1.36. The smallest absolute Gasteiger partial charge is 0.219 e. The molecule has 0 amide bonds. The Morgan fingerprint density at radius 2 is 2.12 bits per heavy atom. The first-order valence-electron chi connectivity index (χ1n) is 4.73. The number of nitrogens with zero attached hydrogens (tertiary/aromatic N) is 1. The Bertz CT molecular complexity index is 367. The normalized spacial score (nSPS) is 12.1. The molecule has 0 saturated heterocycles. The van der Waals surface area contributed by atoms with E-state index in [9.17, 15) is 14.5 Å². The summed E-state index contributed by atoms with van der Waals surface area (Å²) >= 11 is 1.43. The molecule has 0 aliphatic carbocycles. The van der Waals surface area contributed by atoms with Gasteiger partial charge in [0.2, 0.25) is 6.54 Å². The van der Waals surface area contributed by atoms with Gasteiger partial charge in [0, 0.05) is 10.7 Å². The molecule has 0 heterocycles. The second-order valence-corrected chi connectivity index (χ2v) is 4.41. The first kappa shape index (κ1) is 12.7. The quantitative estimate of drug-likeness (QED) is 0.436. The van der Waals surface area contributed by atoms with Gasteiger partial charge in [0.05, 0.1) is 5.25 Å². The van der Waals surface area contributed by atoms with E-state index >= 15 is 0 Å². The zero-order valence-electron chi connectivity index (χ0n) is 8.64. The van der Waals surface area contributed by atoms with Gasteiger partial charge in [0.25, 0.3) is 0 Å². The van der Waals surface area contributed by atoms with Crippen LogP contribution in [0.4, 0.5) is 4.39 Å². The minimum absolute atomic E-state index is 0.163. The largest absolute Gasteiger partial charge is 0.264 e. The lowest BCUT2D eigenvalue weighted by Gasteiger charge is -2.11. The van der Waals surface area contributed by atoms with Gasteiger partial charge in [0.15, 0.2) is 0 Å². The third-order valence-corrected chi connectivity index (χ3v) is 3.22. The summed E-state index contributed by atoms with van der Waals surface area (Å²) in [5.41, 5.74) is 0.768. The van der Waals surface area contributed by atoms with Crippen LogP contribution in [0.25, 0.3) is 0 Å². The van der Waals surface area contributed by atoms with E-state index in [-0.39, 0.29) is 22.5 Å². The van der Waals surface area contributed by atoms with Gasteiger partial charge in [-0.3, -0.25) is 10.1 Å². The van der Waals surface area contributed by atoms with Crippen molar-refractivity contribution in [3.63, 3.8) is 0 Å². The van der Waals surface area contributed by atoms with E-state index in [4.69, 9.17) is 0 Å². The molecule has 0 bridgehead atoms. The number of benzene rings is 1. The summed E-state index contributed by atoms with van der Waals surface area (Å²) in [6, 6.07) is 5.80. The molecule has 1 unspecified atom stereocenters. The molecule has 0 aliphatic heterocycles. The Labute approximate surface area is 97.5 Å². The number of hydrogen-bond donors (Lipinski definition) is 0. The Kier molecular flexibility index (Phi) is 4.98. The van der Waals surface area contributed by atoms with Crippen LogP contribution in [-0.2, 0) is 0 Å². The third kappa shape index (κ3) is 4.02. The van der Waals surface area contributed by atoms with Gasteiger partial charge >= 0.3 is 0 Å². The van der Waals surface area contributed by atoms with Gasteiger partial charge in [-0.1, -0.05) is 18.2 Å². The molecular formula is C11H12FNO2S. The average Bonchev–Trinajstić information content (AvgIpc) is 2.25. The van der Waals surface area contributed by atoms with Crippen molar-refractivity contribution in [1.82, 2.24) is 0 Å². The molecule has 0 aromatic heterocycles. The van der Waals surface area contributed by atoms with Crippen molar-refractivity contribution in [2.75, 3.05) is 12.3 Å². The van der Waals surface area contributed by atoms with Gasteiger partial charge in [-0.2, -0.15) is 0 Å². The van der Waals surface area contributed by atoms with Crippen molar-refractivity contribution in [2.45, 2.75) is 5.25 Å². The van der Waals surface area contributed by atoms with Crippen LogP contribution >= 0.6 is 11.8 Å². The van der Waals surface area contributed by atoms with Gasteiger partial charge in [-0.15, -0.1) is 18.3 Å². The molecule has 1 rings (SSSR count). The molecule has 1 aromatic carbocycles. The first-order chi connectivity index (χ1) is 7.63. The van der Waals surface area contributed by atoms with Crippen LogP contribution in [0.3, 0.4) is 0 Å². The molecule has 86 valence electrons. The number of hydrogen-bond acceptors (Lipinski definition) is 3. The zero-order valence-corrected chi connectivity index (χ0v) is 9.45. The molecule has 0 N–H and O–H groups in total. The highest BCUT2D eigenvalue weighted by atomic mass is 32.2. The third-order valence-electron chi connectivity index (χ3n) is 1.97. The molecule has 0 saturated carbocycles. The van der Waals surface area contributed by atoms with E-state index in [2.05, 4.69) is 6.58 Å². The molecule has 0 radical (unpaired) electrons. The fourth-order valence-corrected chi connectivity index (χ4v) is 2.20. The van der Waals surface area contributed by atoms with Crippen molar-refractivity contribution in [2.24, 2.45) is 0 Å². The standard InChI is InChI=1S/C11H12FNO2S/c1-2-7-16-11(8-13(14)15)9-3-5-10(12)6-4-9/h2-6,11H,1,7-8H2. The second kappa shape index (κ2) is 6.27. The van der Waals surface area contributed by atoms with E-state index in [1.807, 2.05) is 0 Å². The number of nitro groups is 1. The molecule has 1 atom stereocenters. The molecule has 16 heavy (non-hydrogen) atoms. The SMILES string of the molecule is C=CCSC(C[N+](=O)[O-])c1ccc(F)cc1. The zero-order chi connectivity index (χ0) is 12.0. The summed E-state index contributed by atoms with van der Waals surface area (Å²) in [5.74, 6) is 0.299. The number of thioether (sulfide) groups is 1. The van der Waals surface area contributed by atoms with Crippen LogP contribution < -0.4 is 0 Å². The minimum atomic E-state index is -0.357. The maximum Gasteiger partial charge on any atom is 0.219 e. The molecule has 0 spiro atoms. The summed E-state index contributed by atoms with van der Waals surface area (Å²) in [7, 11) is 0. The van der Waals surface area contributed by atoms with Crippen LogP contribution in [0.1, 0.15) is 10.8 Å². The maximum absolute atomic E-state index is 12.7. The van der Waals surface area contributed by atoms with Crippen molar-refractivity contribution in [3.8, 4) is 0 Å². The predicted octanol–water partition coefficient (Wildman–Crippen LogP) is 3.06. The van der Waals surface area contributed by atoms with E-state index in [0.29, 0.717) is 5.75 Å². The van der Waals surface area contributed by atoms with E-state index in [1.165, 1.54) is 23.9 Å². The summed E-state index contributed by atoms with van der Waals surface area (Å²) in [6.45, 7) is 3.41. The van der Waals surface area contributed by atoms with Crippen LogP contribution in [0.15, 0.2) is 36.9 Å². The number of rotatable bonds is 6. The lowest BCUT2D eigenvalue weighted by atomic mass is 10.1. The maximum atomic E-state index is 12.7. The fourth-order valence-electron chi connectivity index (χ4n) is 1.25. The van der Waals surface area contributed by atoms with Crippen molar-refractivity contribution >= 4 is 11.8 Å². The molecule has 5 heteroatoms. The van der Waals surface area contributed by atoms with E-state index in [0.717, 1.165) is 5.56 Å². The summed E-state index contributed by atoms with van der Waals surface area (Å²) in [5, 5.41) is 10.2. The van der Waals surface area contributed by atoms with Crippen LogP contribution in [0, 0.1) is 15.9 Å². The molecule has 1 aromatic rings. The van der Waals surface area contributed by atoms with Crippen LogP contribution in [-0.4, -0.2) is 17.2 Å². The monoisotopic (exact) mass is 241 g/mol. The fraction of sp³-hybridized carbons (Fsp3) is 0.273. The summed E-state index contributed by atoms with van der Waals surface area (Å²) < 4.78 is 12.7. The van der Waals surface area contributed by atoms with E-state index in [1.54, 1.807) is 18.2 Å². The first-order valence-corrected chi connectivity index (χ1v) is 5.78. The van der Waals surface area contributed by atoms with Gasteiger partial charge in [0.1, 0.15) is 5.82 Å². The van der Waals surface area contributed by atoms with Crippen molar-refractivity contribution in [3.05, 3.63) is 58.4 Å². The van der Waals surface area contributed by atoms with Gasteiger partial charge in [-0.25, -0.2) is 4.39 Å². The van der Waals surface area contributed by atoms with Crippen molar-refractivity contribution in [1.29, 1.82) is 0 Å². The molecule has 0 aliphatic rings. The Morgan fingerprint density at radius 1 is 1.50 bits per heavy atom. The molecule has 3 nitrogen and oxygen atoms in total. The van der Waals surface area contributed by atoms with Gasteiger partial charge < -0.3 is 0 Å². The lowest BCUT2D eigenvalue weighted by Crippen LogP contribution is -2.10. The molecular weight excluding hydrogens is 229 g/mol. The lowest BCUT2D eigenvalue weighted by molar-refractivity contribution is -0.479. The molecule has 0 fully saturated rings. The number of halogens is 1. The minimum Gasteiger partial charge on any atom is -0.264 e. The van der Waals surface area contributed by atoms with Crippen LogP contribution in [0.5, 0.6) is 0 Å². The Balaban J connectivity index is 2.77. The van der Waals surface area contributed by atoms with Crippen molar-refractivity contribution < 1.29 is 9.31 Å². The Morgan fingerprint density at radius 3 is 2.62 bits per heavy atom. The topological polar surface area (TPSA) is 43.1 Å². The highest BCUT2D eigenvalue weighted by molar-refractivity contribution is 7.99. The average molecular weight is 241 g/mol. The summed E-state index contributed by atoms with van der Waals surface area (Å²) in [4.78, 5) is 10.1. The predicted molar refractivity (Wildman–Crippen MR) is 63.7 cm³/mol. The van der Waals surface area contributed by atoms with E-state index < -0.39 is 0 Å². The summed E-state index contributed by atoms with van der Waals surface area (Å²) in [6.07, 6.45) is 1.70. The van der Waals surface area contributed by atoms with Gasteiger partial charge in [-0.05, 0) is 17.7 Å². The van der Waals surface area contributed by atoms with Crippen LogP contribution in [0.2, 0.25) is 0 Å². The second-order valence-electron chi connectivity index (χ2n) is 3.18. The highest BCUT2D eigenvalue weighted by Gasteiger charge is 2.17.